The quantitative estimate of drug-likeness (QED) is 0.581. The summed E-state index contributed by atoms with van der Waals surface area (Å²) in [4.78, 5) is 31.2. The summed E-state index contributed by atoms with van der Waals surface area (Å²) in [6.45, 7) is 0. The highest BCUT2D eigenvalue weighted by Crippen LogP contribution is 2.22. The molecule has 1 aromatic carbocycles. The number of carbonyl (C=O) groups excluding carboxylic acids is 2. The van der Waals surface area contributed by atoms with Crippen LogP contribution >= 0.6 is 11.3 Å². The molecule has 2 heterocycles. The molecule has 7 nitrogen and oxygen atoms in total. The van der Waals surface area contributed by atoms with E-state index >= 15 is 0 Å². The third-order valence-electron chi connectivity index (χ3n) is 3.77. The average molecular weight is 385 g/mol. The molecule has 0 radical (unpaired) electrons. The van der Waals surface area contributed by atoms with E-state index in [1.807, 2.05) is 23.6 Å². The van der Waals surface area contributed by atoms with E-state index in [2.05, 4.69) is 10.1 Å². The zero-order chi connectivity index (χ0) is 19.2. The van der Waals surface area contributed by atoms with Crippen molar-refractivity contribution >= 4 is 23.2 Å². The van der Waals surface area contributed by atoms with Crippen molar-refractivity contribution in [1.29, 1.82) is 0 Å². The second kappa shape index (κ2) is 8.59. The van der Waals surface area contributed by atoms with Gasteiger partial charge in [0.25, 0.3) is 5.91 Å². The lowest BCUT2D eigenvalue weighted by atomic mass is 10.1. The van der Waals surface area contributed by atoms with Gasteiger partial charge in [-0.25, -0.2) is 0 Å². The fraction of sp³-hybridized carbons (Fsp3) is 0.263. The van der Waals surface area contributed by atoms with E-state index in [4.69, 9.17) is 9.26 Å². The van der Waals surface area contributed by atoms with Crippen molar-refractivity contribution in [2.24, 2.45) is 0 Å². The summed E-state index contributed by atoms with van der Waals surface area (Å²) >= 11 is 1.51. The molecule has 0 fully saturated rings. The van der Waals surface area contributed by atoms with Crippen LogP contribution in [-0.2, 0) is 20.7 Å². The molecule has 0 bridgehead atoms. The normalized spacial score (nSPS) is 11.8. The third kappa shape index (κ3) is 4.79. The first-order valence-corrected chi connectivity index (χ1v) is 9.24. The summed E-state index contributed by atoms with van der Waals surface area (Å²) < 4.78 is 10.6. The Balaban J connectivity index is 1.62. The van der Waals surface area contributed by atoms with E-state index < -0.39 is 12.1 Å². The lowest BCUT2D eigenvalue weighted by Gasteiger charge is -2.21. The molecule has 0 unspecified atom stereocenters. The maximum absolute atomic E-state index is 12.4. The summed E-state index contributed by atoms with van der Waals surface area (Å²) in [5.41, 5.74) is 0.627. The van der Waals surface area contributed by atoms with Gasteiger partial charge in [-0.3, -0.25) is 9.59 Å². The van der Waals surface area contributed by atoms with E-state index in [1.165, 1.54) is 16.2 Å². The molecule has 0 aliphatic heterocycles. The lowest BCUT2D eigenvalue weighted by molar-refractivity contribution is -0.159. The van der Waals surface area contributed by atoms with Crippen LogP contribution < -0.4 is 0 Å². The minimum atomic E-state index is -0.974. The molecule has 0 spiro atoms. The molecule has 2 aromatic heterocycles. The Morgan fingerprint density at radius 3 is 2.63 bits per heavy atom. The van der Waals surface area contributed by atoms with Crippen LogP contribution in [0.5, 0.6) is 0 Å². The average Bonchev–Trinajstić information content (AvgIpc) is 3.36. The van der Waals surface area contributed by atoms with Crippen LogP contribution in [0.2, 0.25) is 0 Å². The maximum atomic E-state index is 12.4. The van der Waals surface area contributed by atoms with Crippen LogP contribution in [-0.4, -0.2) is 41.0 Å². The number of carbonyl (C=O) groups is 2. The Hall–Kier alpha value is -3.00. The molecule has 8 heteroatoms. The highest BCUT2D eigenvalue weighted by atomic mass is 32.1. The number of thiophene rings is 1. The predicted octanol–water partition coefficient (Wildman–Crippen LogP) is 3.10. The monoisotopic (exact) mass is 385 g/mol. The standard InChI is InChI=1S/C19H19N3O4S/c1-22(2)19(24)17(13-7-4-3-5-8-13)25-16(23)11-10-15-20-18(21-26-15)14-9-6-12-27-14/h3-9,12,17H,10-11H2,1-2H3/t17-/m0/s1. The van der Waals surface area contributed by atoms with Crippen molar-refractivity contribution in [3.05, 3.63) is 59.3 Å². The number of aryl methyl sites for hydroxylation is 1. The first-order chi connectivity index (χ1) is 13.0. The number of ether oxygens (including phenoxy) is 1. The molecule has 0 aliphatic rings. The molecule has 1 amide bonds. The molecule has 0 saturated carbocycles. The second-order valence-electron chi connectivity index (χ2n) is 6.00. The fourth-order valence-electron chi connectivity index (χ4n) is 2.39. The number of hydrogen-bond donors (Lipinski definition) is 0. The number of nitrogens with zero attached hydrogens (tertiary/aromatic N) is 3. The highest BCUT2D eigenvalue weighted by Gasteiger charge is 2.26. The number of amides is 1. The molecule has 0 saturated heterocycles. The van der Waals surface area contributed by atoms with Gasteiger partial charge >= 0.3 is 5.97 Å². The first kappa shape index (κ1) is 18.8. The van der Waals surface area contributed by atoms with E-state index in [-0.39, 0.29) is 18.7 Å². The number of hydrogen-bond acceptors (Lipinski definition) is 7. The largest absolute Gasteiger partial charge is 0.447 e. The Morgan fingerprint density at radius 2 is 1.96 bits per heavy atom. The lowest BCUT2D eigenvalue weighted by Crippen LogP contribution is -2.31. The Labute approximate surface area is 160 Å². The summed E-state index contributed by atoms with van der Waals surface area (Å²) in [6, 6.07) is 12.7. The Kier molecular flexibility index (Phi) is 5.97. The zero-order valence-corrected chi connectivity index (χ0v) is 15.8. The molecule has 27 heavy (non-hydrogen) atoms. The molecule has 1 atom stereocenters. The van der Waals surface area contributed by atoms with Crippen LogP contribution in [0, 0.1) is 0 Å². The van der Waals surface area contributed by atoms with Gasteiger partial charge in [-0.05, 0) is 11.4 Å². The van der Waals surface area contributed by atoms with Crippen molar-refractivity contribution in [2.45, 2.75) is 18.9 Å². The minimum Gasteiger partial charge on any atom is -0.447 e. The van der Waals surface area contributed by atoms with Crippen molar-refractivity contribution in [3.63, 3.8) is 0 Å². The van der Waals surface area contributed by atoms with Gasteiger partial charge in [0.05, 0.1) is 11.3 Å². The number of aromatic nitrogens is 2. The predicted molar refractivity (Wildman–Crippen MR) is 99.9 cm³/mol. The van der Waals surface area contributed by atoms with E-state index in [0.29, 0.717) is 17.3 Å². The zero-order valence-electron chi connectivity index (χ0n) is 15.0. The molecular weight excluding hydrogens is 366 g/mol. The summed E-state index contributed by atoms with van der Waals surface area (Å²) in [5.74, 6) is 0.0473. The second-order valence-corrected chi connectivity index (χ2v) is 6.95. The summed E-state index contributed by atoms with van der Waals surface area (Å²) in [5, 5.41) is 5.83. The van der Waals surface area contributed by atoms with Crippen LogP contribution in [0.3, 0.4) is 0 Å². The van der Waals surface area contributed by atoms with Gasteiger partial charge in [0.15, 0.2) is 0 Å². The van der Waals surface area contributed by atoms with Crippen LogP contribution in [0.1, 0.15) is 24.0 Å². The summed E-state index contributed by atoms with van der Waals surface area (Å²) in [6.07, 6.45) is -0.691. The van der Waals surface area contributed by atoms with Crippen molar-refractivity contribution in [3.8, 4) is 10.7 Å². The maximum Gasteiger partial charge on any atom is 0.307 e. The minimum absolute atomic E-state index is 0.0378. The van der Waals surface area contributed by atoms with Crippen molar-refractivity contribution in [2.75, 3.05) is 14.1 Å². The van der Waals surface area contributed by atoms with Gasteiger partial charge in [-0.2, -0.15) is 4.98 Å². The topological polar surface area (TPSA) is 85.5 Å². The fourth-order valence-corrected chi connectivity index (χ4v) is 3.03. The van der Waals surface area contributed by atoms with E-state index in [0.717, 1.165) is 4.88 Å². The first-order valence-electron chi connectivity index (χ1n) is 8.36. The van der Waals surface area contributed by atoms with Gasteiger partial charge in [-0.15, -0.1) is 11.3 Å². The van der Waals surface area contributed by atoms with Gasteiger partial charge in [0.2, 0.25) is 17.8 Å². The SMILES string of the molecule is CN(C)C(=O)[C@@H](OC(=O)CCc1nc(-c2cccs2)no1)c1ccccc1. The molecular formula is C19H19N3O4S. The number of likely N-dealkylation sites (N-methyl/N-ethyl adjacent to an activating group) is 1. The summed E-state index contributed by atoms with van der Waals surface area (Å²) in [7, 11) is 3.24. The van der Waals surface area contributed by atoms with Gasteiger partial charge in [-0.1, -0.05) is 41.6 Å². The van der Waals surface area contributed by atoms with Crippen LogP contribution in [0.4, 0.5) is 0 Å². The smallest absolute Gasteiger partial charge is 0.307 e. The van der Waals surface area contributed by atoms with E-state index in [9.17, 15) is 9.59 Å². The van der Waals surface area contributed by atoms with Gasteiger partial charge < -0.3 is 14.2 Å². The molecule has 0 aliphatic carbocycles. The third-order valence-corrected chi connectivity index (χ3v) is 4.64. The molecule has 3 aromatic rings. The van der Waals surface area contributed by atoms with Crippen molar-refractivity contribution in [1.82, 2.24) is 15.0 Å². The molecule has 3 rings (SSSR count). The van der Waals surface area contributed by atoms with Crippen LogP contribution in [0.15, 0.2) is 52.4 Å². The van der Waals surface area contributed by atoms with Crippen LogP contribution in [0.25, 0.3) is 10.7 Å². The number of benzene rings is 1. The van der Waals surface area contributed by atoms with Gasteiger partial charge in [0.1, 0.15) is 0 Å². The molecule has 0 N–H and O–H groups in total. The highest BCUT2D eigenvalue weighted by molar-refractivity contribution is 7.13. The number of rotatable bonds is 7. The Morgan fingerprint density at radius 1 is 1.19 bits per heavy atom. The van der Waals surface area contributed by atoms with E-state index in [1.54, 1.807) is 38.4 Å². The van der Waals surface area contributed by atoms with Crippen molar-refractivity contribution < 1.29 is 18.8 Å². The number of esters is 1. The van der Waals surface area contributed by atoms with Gasteiger partial charge in [0, 0.05) is 26.1 Å². The Bertz CT molecular complexity index is 891. The molecule has 140 valence electrons.